The normalized spacial score (nSPS) is 21.2. The average molecular weight is 680 g/mol. The van der Waals surface area contributed by atoms with Crippen LogP contribution in [0.3, 0.4) is 0 Å². The van der Waals surface area contributed by atoms with Gasteiger partial charge in [0.15, 0.2) is 0 Å². The SMILES string of the molecule is CCCC(C)(C)OC(=O)Cc1ccc(CCNC(=O)[C@@H]2c3ccccc3C(=O)N([C@H]3CCCC[C@@H]3O)[C@H]2c2ccc(Cl)cc2Cl)cc1. The number of amides is 2. The maximum Gasteiger partial charge on any atom is 0.310 e. The smallest absolute Gasteiger partial charge is 0.310 e. The van der Waals surface area contributed by atoms with Crippen LogP contribution in [-0.4, -0.2) is 52.1 Å². The van der Waals surface area contributed by atoms with E-state index in [1.807, 2.05) is 50.2 Å². The van der Waals surface area contributed by atoms with Gasteiger partial charge in [-0.25, -0.2) is 0 Å². The number of esters is 1. The summed E-state index contributed by atoms with van der Waals surface area (Å²) in [5.74, 6) is -1.46. The lowest BCUT2D eigenvalue weighted by molar-refractivity contribution is -0.156. The summed E-state index contributed by atoms with van der Waals surface area (Å²) in [6.07, 6.45) is 4.80. The van der Waals surface area contributed by atoms with Crippen LogP contribution in [0, 0.1) is 0 Å². The molecule has 0 bridgehead atoms. The molecule has 2 aliphatic rings. The van der Waals surface area contributed by atoms with Gasteiger partial charge < -0.3 is 20.1 Å². The highest BCUT2D eigenvalue weighted by molar-refractivity contribution is 6.35. The number of aliphatic hydroxyl groups is 1. The van der Waals surface area contributed by atoms with Crippen molar-refractivity contribution in [3.63, 3.8) is 0 Å². The number of nitrogens with zero attached hydrogens (tertiary/aromatic N) is 1. The molecular formula is C38H44Cl2N2O5. The van der Waals surface area contributed by atoms with Crippen LogP contribution < -0.4 is 5.32 Å². The van der Waals surface area contributed by atoms with E-state index in [2.05, 4.69) is 12.2 Å². The molecule has 250 valence electrons. The van der Waals surface area contributed by atoms with Crippen LogP contribution in [0.5, 0.6) is 0 Å². The molecule has 5 rings (SSSR count). The Hall–Kier alpha value is -3.39. The molecule has 0 radical (unpaired) electrons. The molecule has 9 heteroatoms. The Morgan fingerprint density at radius 2 is 1.68 bits per heavy atom. The van der Waals surface area contributed by atoms with Crippen LogP contribution in [0.25, 0.3) is 0 Å². The molecule has 0 saturated heterocycles. The average Bonchev–Trinajstić information content (AvgIpc) is 3.02. The highest BCUT2D eigenvalue weighted by atomic mass is 35.5. The lowest BCUT2D eigenvalue weighted by Gasteiger charge is -2.48. The van der Waals surface area contributed by atoms with Gasteiger partial charge in [0.05, 0.1) is 30.5 Å². The van der Waals surface area contributed by atoms with Crippen molar-refractivity contribution >= 4 is 41.0 Å². The second kappa shape index (κ2) is 15.2. The fraction of sp³-hybridized carbons (Fsp3) is 0.447. The Morgan fingerprint density at radius 1 is 0.979 bits per heavy atom. The number of benzene rings is 3. The van der Waals surface area contributed by atoms with E-state index in [1.54, 1.807) is 35.2 Å². The van der Waals surface area contributed by atoms with E-state index in [4.69, 9.17) is 27.9 Å². The minimum absolute atomic E-state index is 0.199. The van der Waals surface area contributed by atoms with Crippen LogP contribution in [0.1, 0.15) is 104 Å². The molecule has 2 N–H and O–H groups in total. The topological polar surface area (TPSA) is 95.9 Å². The van der Waals surface area contributed by atoms with Gasteiger partial charge in [0.2, 0.25) is 5.91 Å². The molecule has 1 aliphatic carbocycles. The third kappa shape index (κ3) is 8.19. The molecule has 2 amide bonds. The summed E-state index contributed by atoms with van der Waals surface area (Å²) >= 11 is 13.0. The van der Waals surface area contributed by atoms with Gasteiger partial charge in [0, 0.05) is 22.2 Å². The van der Waals surface area contributed by atoms with E-state index in [0.717, 1.165) is 36.8 Å². The van der Waals surface area contributed by atoms with E-state index in [9.17, 15) is 19.5 Å². The zero-order valence-electron chi connectivity index (χ0n) is 27.3. The molecule has 3 aromatic rings. The summed E-state index contributed by atoms with van der Waals surface area (Å²) in [6, 6.07) is 18.9. The van der Waals surface area contributed by atoms with E-state index >= 15 is 0 Å². The van der Waals surface area contributed by atoms with Crippen molar-refractivity contribution in [2.45, 2.75) is 102 Å². The van der Waals surface area contributed by atoms with Crippen LogP contribution >= 0.6 is 23.2 Å². The third-order valence-corrected chi connectivity index (χ3v) is 9.88. The van der Waals surface area contributed by atoms with Crippen molar-refractivity contribution in [2.24, 2.45) is 0 Å². The van der Waals surface area contributed by atoms with Crippen molar-refractivity contribution in [1.82, 2.24) is 10.2 Å². The Kier molecular flexibility index (Phi) is 11.3. The molecule has 4 atom stereocenters. The van der Waals surface area contributed by atoms with Crippen LogP contribution in [0.4, 0.5) is 0 Å². The van der Waals surface area contributed by atoms with E-state index in [0.29, 0.717) is 52.5 Å². The van der Waals surface area contributed by atoms with E-state index < -0.39 is 29.7 Å². The number of hydrogen-bond acceptors (Lipinski definition) is 5. The summed E-state index contributed by atoms with van der Waals surface area (Å²) < 4.78 is 5.66. The summed E-state index contributed by atoms with van der Waals surface area (Å²) in [7, 11) is 0. The number of rotatable bonds is 11. The van der Waals surface area contributed by atoms with Gasteiger partial charge in [-0.05, 0) is 80.0 Å². The van der Waals surface area contributed by atoms with Gasteiger partial charge in [0.25, 0.3) is 5.91 Å². The van der Waals surface area contributed by atoms with Crippen LogP contribution in [-0.2, 0) is 27.2 Å². The number of carbonyl (C=O) groups excluding carboxylic acids is 3. The fourth-order valence-corrected chi connectivity index (χ4v) is 7.64. The van der Waals surface area contributed by atoms with Crippen molar-refractivity contribution in [2.75, 3.05) is 6.54 Å². The molecule has 1 fully saturated rings. The third-order valence-electron chi connectivity index (χ3n) is 9.32. The summed E-state index contributed by atoms with van der Waals surface area (Å²) in [5, 5.41) is 15.1. The molecule has 7 nitrogen and oxygen atoms in total. The highest BCUT2D eigenvalue weighted by Gasteiger charge is 2.48. The second-order valence-corrected chi connectivity index (χ2v) is 14.2. The number of aliphatic hydroxyl groups excluding tert-OH is 1. The number of ether oxygens (including phenoxy) is 1. The van der Waals surface area contributed by atoms with Crippen molar-refractivity contribution in [1.29, 1.82) is 0 Å². The largest absolute Gasteiger partial charge is 0.459 e. The maximum atomic E-state index is 14.2. The van der Waals surface area contributed by atoms with Gasteiger partial charge in [-0.1, -0.05) is 97.9 Å². The number of halogens is 2. The first-order valence-corrected chi connectivity index (χ1v) is 17.4. The first-order chi connectivity index (χ1) is 22.5. The number of nitrogens with one attached hydrogen (secondary N) is 1. The Labute approximate surface area is 287 Å². The predicted octanol–water partition coefficient (Wildman–Crippen LogP) is 7.60. The van der Waals surface area contributed by atoms with E-state index in [-0.39, 0.29) is 24.2 Å². The summed E-state index contributed by atoms with van der Waals surface area (Å²) in [4.78, 5) is 42.6. The van der Waals surface area contributed by atoms with E-state index in [1.165, 1.54) is 0 Å². The quantitative estimate of drug-likeness (QED) is 0.204. The fourth-order valence-electron chi connectivity index (χ4n) is 7.12. The molecule has 0 spiro atoms. The number of carbonyl (C=O) groups is 3. The molecule has 1 saturated carbocycles. The Balaban J connectivity index is 1.36. The maximum absolute atomic E-state index is 14.2. The predicted molar refractivity (Wildman–Crippen MR) is 185 cm³/mol. The standard InChI is InChI=1S/C38H44Cl2N2O5/c1-4-20-38(2,3)47-33(44)22-25-15-13-24(14-16-25)19-21-41-36(45)34-27-9-5-6-10-28(27)37(46)42(31-11-7-8-12-32(31)43)35(34)29-18-17-26(39)23-30(29)40/h5-6,9-10,13-18,23,31-32,34-35,43H,4,7-8,11-12,19-22H2,1-3H3,(H,41,45)/t31-,32-,34+,35-/m0/s1. The van der Waals surface area contributed by atoms with Crippen molar-refractivity contribution in [3.05, 3.63) is 105 Å². The van der Waals surface area contributed by atoms with Crippen LogP contribution in [0.2, 0.25) is 10.0 Å². The monoisotopic (exact) mass is 678 g/mol. The minimum Gasteiger partial charge on any atom is -0.459 e. The molecular weight excluding hydrogens is 635 g/mol. The first kappa shape index (κ1) is 34.9. The zero-order chi connectivity index (χ0) is 33.7. The van der Waals surface area contributed by atoms with Gasteiger partial charge in [-0.3, -0.25) is 14.4 Å². The van der Waals surface area contributed by atoms with Crippen molar-refractivity contribution in [3.8, 4) is 0 Å². The first-order valence-electron chi connectivity index (χ1n) is 16.6. The Morgan fingerprint density at radius 3 is 2.38 bits per heavy atom. The minimum atomic E-state index is -0.762. The van der Waals surface area contributed by atoms with Gasteiger partial charge in [0.1, 0.15) is 5.60 Å². The molecule has 0 aromatic heterocycles. The highest BCUT2D eigenvalue weighted by Crippen LogP contribution is 2.47. The van der Waals surface area contributed by atoms with Gasteiger partial charge >= 0.3 is 5.97 Å². The van der Waals surface area contributed by atoms with Crippen LogP contribution in [0.15, 0.2) is 66.7 Å². The lowest BCUT2D eigenvalue weighted by Crippen LogP contribution is -2.55. The Bertz CT molecular complexity index is 1590. The van der Waals surface area contributed by atoms with Gasteiger partial charge in [-0.2, -0.15) is 0 Å². The summed E-state index contributed by atoms with van der Waals surface area (Å²) in [5.41, 5.74) is 3.10. The zero-order valence-corrected chi connectivity index (χ0v) is 28.8. The molecule has 47 heavy (non-hydrogen) atoms. The number of hydrogen-bond donors (Lipinski definition) is 2. The molecule has 3 aromatic carbocycles. The second-order valence-electron chi connectivity index (χ2n) is 13.3. The van der Waals surface area contributed by atoms with Crippen molar-refractivity contribution < 1.29 is 24.2 Å². The lowest BCUT2D eigenvalue weighted by atomic mass is 9.76. The molecule has 1 heterocycles. The van der Waals surface area contributed by atoms with Gasteiger partial charge in [-0.15, -0.1) is 0 Å². The molecule has 1 aliphatic heterocycles. The number of fused-ring (bicyclic) bond motifs is 1. The summed E-state index contributed by atoms with van der Waals surface area (Å²) in [6.45, 7) is 6.29. The molecule has 0 unspecified atom stereocenters.